The van der Waals surface area contributed by atoms with Gasteiger partial charge in [0.05, 0.1) is 17.2 Å². The molecular formula is C15H15N5O2. The van der Waals surface area contributed by atoms with Gasteiger partial charge in [-0.1, -0.05) is 12.1 Å². The first kappa shape index (κ1) is 13.0. The number of amides is 3. The van der Waals surface area contributed by atoms with Crippen LogP contribution in [0.1, 0.15) is 12.8 Å². The predicted octanol–water partition coefficient (Wildman–Crippen LogP) is 0.808. The van der Waals surface area contributed by atoms with Crippen molar-refractivity contribution in [3.8, 4) is 0 Å². The molecule has 0 saturated carbocycles. The van der Waals surface area contributed by atoms with Crippen molar-refractivity contribution in [2.24, 2.45) is 0 Å². The number of carbonyl (C=O) groups is 2. The number of anilines is 1. The molecule has 7 nitrogen and oxygen atoms in total. The summed E-state index contributed by atoms with van der Waals surface area (Å²) in [5, 5.41) is 5.08. The van der Waals surface area contributed by atoms with E-state index in [1.54, 1.807) is 6.20 Å². The molecule has 0 radical (unpaired) electrons. The second kappa shape index (κ2) is 4.66. The largest absolute Gasteiger partial charge is 0.355 e. The normalized spacial score (nSPS) is 20.3. The highest BCUT2D eigenvalue weighted by molar-refractivity contribution is 6.07. The van der Waals surface area contributed by atoms with E-state index in [1.807, 2.05) is 24.3 Å². The Morgan fingerprint density at radius 3 is 2.50 bits per heavy atom. The second-order valence-electron chi connectivity index (χ2n) is 5.69. The first-order valence-corrected chi connectivity index (χ1v) is 7.27. The van der Waals surface area contributed by atoms with Gasteiger partial charge in [0.15, 0.2) is 0 Å². The van der Waals surface area contributed by atoms with Crippen LogP contribution in [0.15, 0.2) is 30.5 Å². The monoisotopic (exact) mass is 297 g/mol. The Morgan fingerprint density at radius 1 is 1.09 bits per heavy atom. The molecule has 2 aromatic rings. The zero-order valence-electron chi connectivity index (χ0n) is 11.9. The van der Waals surface area contributed by atoms with Crippen LogP contribution in [0, 0.1) is 0 Å². The standard InChI is InChI=1S/C15H15N5O2/c21-13-15(19-14(22)18-13)5-7-20(8-6-15)12-9-16-10-3-1-2-4-11(10)17-12/h1-4,9H,5-8H2,(H2,18,19,21,22). The summed E-state index contributed by atoms with van der Waals surface area (Å²) in [4.78, 5) is 34.4. The van der Waals surface area contributed by atoms with Crippen LogP contribution in [0.3, 0.4) is 0 Å². The lowest BCUT2D eigenvalue weighted by Gasteiger charge is -2.37. The first-order chi connectivity index (χ1) is 10.7. The number of hydrogen-bond acceptors (Lipinski definition) is 5. The van der Waals surface area contributed by atoms with Crippen LogP contribution in [0.25, 0.3) is 11.0 Å². The van der Waals surface area contributed by atoms with Crippen LogP contribution in [0.5, 0.6) is 0 Å². The number of nitrogens with one attached hydrogen (secondary N) is 2. The fraction of sp³-hybridized carbons (Fsp3) is 0.333. The maximum Gasteiger partial charge on any atom is 0.322 e. The molecule has 0 bridgehead atoms. The number of carbonyl (C=O) groups excluding carboxylic acids is 2. The van der Waals surface area contributed by atoms with Gasteiger partial charge in [0.25, 0.3) is 5.91 Å². The summed E-state index contributed by atoms with van der Waals surface area (Å²) >= 11 is 0. The van der Waals surface area contributed by atoms with Crippen LogP contribution in [-0.4, -0.2) is 40.5 Å². The Labute approximate surface area is 126 Å². The minimum absolute atomic E-state index is 0.221. The van der Waals surface area contributed by atoms with Gasteiger partial charge in [-0.05, 0) is 25.0 Å². The van der Waals surface area contributed by atoms with E-state index in [2.05, 4.69) is 25.5 Å². The fourth-order valence-corrected chi connectivity index (χ4v) is 3.10. The molecule has 1 aromatic heterocycles. The van der Waals surface area contributed by atoms with Gasteiger partial charge >= 0.3 is 6.03 Å². The number of piperidine rings is 1. The van der Waals surface area contributed by atoms with Gasteiger partial charge in [0.1, 0.15) is 11.4 Å². The van der Waals surface area contributed by atoms with Crippen LogP contribution in [-0.2, 0) is 4.79 Å². The molecule has 112 valence electrons. The highest BCUT2D eigenvalue weighted by Gasteiger charge is 2.47. The third kappa shape index (κ3) is 1.97. The number of hydrogen-bond donors (Lipinski definition) is 2. The number of nitrogens with zero attached hydrogens (tertiary/aromatic N) is 3. The van der Waals surface area contributed by atoms with Crippen LogP contribution in [0.4, 0.5) is 10.6 Å². The maximum atomic E-state index is 11.9. The topological polar surface area (TPSA) is 87.2 Å². The first-order valence-electron chi connectivity index (χ1n) is 7.27. The second-order valence-corrected chi connectivity index (χ2v) is 5.69. The van der Waals surface area contributed by atoms with Gasteiger partial charge in [0.2, 0.25) is 0 Å². The number of fused-ring (bicyclic) bond motifs is 1. The van der Waals surface area contributed by atoms with Gasteiger partial charge < -0.3 is 10.2 Å². The summed E-state index contributed by atoms with van der Waals surface area (Å²) in [6, 6.07) is 7.33. The number of benzene rings is 1. The van der Waals surface area contributed by atoms with Gasteiger partial charge in [-0.15, -0.1) is 0 Å². The third-order valence-corrected chi connectivity index (χ3v) is 4.39. The molecule has 0 unspecified atom stereocenters. The molecule has 3 amide bonds. The molecule has 1 aromatic carbocycles. The third-order valence-electron chi connectivity index (χ3n) is 4.39. The molecule has 2 saturated heterocycles. The molecule has 22 heavy (non-hydrogen) atoms. The Kier molecular flexibility index (Phi) is 2.75. The molecule has 4 rings (SSSR count). The molecule has 1 spiro atoms. The van der Waals surface area contributed by atoms with Gasteiger partial charge in [-0.3, -0.25) is 15.1 Å². The van der Waals surface area contributed by atoms with Gasteiger partial charge in [-0.2, -0.15) is 0 Å². The van der Waals surface area contributed by atoms with E-state index < -0.39 is 11.6 Å². The van der Waals surface area contributed by atoms with E-state index in [4.69, 9.17) is 0 Å². The van der Waals surface area contributed by atoms with Crippen molar-refractivity contribution < 1.29 is 9.59 Å². The van der Waals surface area contributed by atoms with Gasteiger partial charge in [0, 0.05) is 13.1 Å². The molecule has 0 aliphatic carbocycles. The number of urea groups is 1. The number of rotatable bonds is 1. The van der Waals surface area contributed by atoms with Crippen molar-refractivity contribution in [1.82, 2.24) is 20.6 Å². The number of aromatic nitrogens is 2. The molecule has 2 aliphatic rings. The minimum atomic E-state index is -0.752. The molecule has 3 heterocycles. The van der Waals surface area contributed by atoms with E-state index in [0.717, 1.165) is 16.9 Å². The van der Waals surface area contributed by atoms with E-state index in [9.17, 15) is 9.59 Å². The Morgan fingerprint density at radius 2 is 1.82 bits per heavy atom. The Hall–Kier alpha value is -2.70. The SMILES string of the molecule is O=C1NC(=O)C2(CCN(c3cnc4ccccc4n3)CC2)N1. The molecule has 2 N–H and O–H groups in total. The van der Waals surface area contributed by atoms with Crippen molar-refractivity contribution in [3.05, 3.63) is 30.5 Å². The Bertz CT molecular complexity index is 767. The van der Waals surface area contributed by atoms with Crippen molar-refractivity contribution in [1.29, 1.82) is 0 Å². The predicted molar refractivity (Wildman–Crippen MR) is 80.4 cm³/mol. The summed E-state index contributed by atoms with van der Waals surface area (Å²) in [5.74, 6) is 0.583. The summed E-state index contributed by atoms with van der Waals surface area (Å²) in [7, 11) is 0. The van der Waals surface area contributed by atoms with Crippen molar-refractivity contribution in [2.75, 3.05) is 18.0 Å². The smallest absolute Gasteiger partial charge is 0.322 e. The maximum absolute atomic E-state index is 11.9. The van der Waals surface area contributed by atoms with E-state index >= 15 is 0 Å². The molecule has 2 aliphatic heterocycles. The van der Waals surface area contributed by atoms with Gasteiger partial charge in [-0.25, -0.2) is 9.78 Å². The van der Waals surface area contributed by atoms with Crippen molar-refractivity contribution in [2.45, 2.75) is 18.4 Å². The molecular weight excluding hydrogens is 282 g/mol. The lowest BCUT2D eigenvalue weighted by Crippen LogP contribution is -2.55. The quantitative estimate of drug-likeness (QED) is 0.761. The van der Waals surface area contributed by atoms with E-state index in [0.29, 0.717) is 25.9 Å². The highest BCUT2D eigenvalue weighted by Crippen LogP contribution is 2.28. The minimum Gasteiger partial charge on any atom is -0.355 e. The summed E-state index contributed by atoms with van der Waals surface area (Å²) in [6.45, 7) is 1.31. The molecule has 0 atom stereocenters. The number of imide groups is 1. The summed E-state index contributed by atoms with van der Waals surface area (Å²) in [6.07, 6.45) is 2.89. The lowest BCUT2D eigenvalue weighted by atomic mass is 9.88. The average molecular weight is 297 g/mol. The zero-order valence-corrected chi connectivity index (χ0v) is 11.9. The van der Waals surface area contributed by atoms with Crippen molar-refractivity contribution in [3.63, 3.8) is 0 Å². The summed E-state index contributed by atoms with van der Waals surface area (Å²) < 4.78 is 0. The fourth-order valence-electron chi connectivity index (χ4n) is 3.10. The van der Waals surface area contributed by atoms with E-state index in [1.165, 1.54) is 0 Å². The highest BCUT2D eigenvalue weighted by atomic mass is 16.2. The zero-order chi connectivity index (χ0) is 15.2. The van der Waals surface area contributed by atoms with Crippen LogP contribution >= 0.6 is 0 Å². The van der Waals surface area contributed by atoms with Crippen LogP contribution < -0.4 is 15.5 Å². The lowest BCUT2D eigenvalue weighted by molar-refractivity contribution is -0.124. The summed E-state index contributed by atoms with van der Waals surface area (Å²) in [5.41, 5.74) is 0.965. The number of para-hydroxylation sites is 2. The van der Waals surface area contributed by atoms with Crippen molar-refractivity contribution >= 4 is 28.8 Å². The average Bonchev–Trinajstić information content (AvgIpc) is 2.81. The molecule has 2 fully saturated rings. The molecule has 7 heteroatoms. The van der Waals surface area contributed by atoms with E-state index in [-0.39, 0.29) is 5.91 Å². The Balaban J connectivity index is 1.55. The van der Waals surface area contributed by atoms with Crippen LogP contribution in [0.2, 0.25) is 0 Å².